The molecule has 0 saturated heterocycles. The Balaban J connectivity index is 3.23. The number of nitrogens with zero attached hydrogens (tertiary/aromatic N) is 3. The van der Waals surface area contributed by atoms with Crippen LogP contribution < -0.4 is 0 Å². The van der Waals surface area contributed by atoms with Crippen LogP contribution in [-0.2, 0) is 9.59 Å². The van der Waals surface area contributed by atoms with Crippen molar-refractivity contribution in [2.24, 2.45) is 10.1 Å². The third-order valence-corrected chi connectivity index (χ3v) is 1.72. The normalized spacial score (nSPS) is 15.5. The van der Waals surface area contributed by atoms with Crippen LogP contribution in [0, 0.1) is 0 Å². The van der Waals surface area contributed by atoms with Gasteiger partial charge in [0.2, 0.25) is 0 Å². The van der Waals surface area contributed by atoms with Crippen LogP contribution in [0.25, 0.3) is 0 Å². The fourth-order valence-electron chi connectivity index (χ4n) is 1.07. The van der Waals surface area contributed by atoms with Gasteiger partial charge < -0.3 is 5.11 Å². The molecule has 6 nitrogen and oxygen atoms in total. The molecule has 78 valence electrons. The van der Waals surface area contributed by atoms with Gasteiger partial charge in [0.15, 0.2) is 11.5 Å². The lowest BCUT2D eigenvalue weighted by Crippen LogP contribution is -2.27. The van der Waals surface area contributed by atoms with E-state index in [0.717, 1.165) is 11.1 Å². The minimum Gasteiger partial charge on any atom is -0.477 e. The van der Waals surface area contributed by atoms with E-state index in [0.29, 0.717) is 0 Å². The fraction of sp³-hybridized carbons (Fsp3) is 0.111. The van der Waals surface area contributed by atoms with Gasteiger partial charge in [-0.05, 0) is 0 Å². The number of carbonyl (C=O) groups is 2. The van der Waals surface area contributed by atoms with E-state index in [-0.39, 0.29) is 23.0 Å². The fourth-order valence-corrected chi connectivity index (χ4v) is 1.07. The lowest BCUT2D eigenvalue weighted by Gasteiger charge is -2.22. The Morgan fingerprint density at radius 3 is 2.60 bits per heavy atom. The molecule has 0 unspecified atom stereocenters. The molecule has 0 aromatic carbocycles. The standard InChI is InChI=1S/C9H9N3O3/c1-5(13)8-4-7(9(14)15)11-6(2)12(8)10-3/h4H,2-3H2,1H3,(H,14,15). The molecule has 0 saturated carbocycles. The van der Waals surface area contributed by atoms with Gasteiger partial charge in [-0.25, -0.2) is 14.8 Å². The lowest BCUT2D eigenvalue weighted by molar-refractivity contribution is -0.129. The van der Waals surface area contributed by atoms with Crippen molar-refractivity contribution in [3.05, 3.63) is 24.2 Å². The topological polar surface area (TPSA) is 82.3 Å². The highest BCUT2D eigenvalue weighted by atomic mass is 16.4. The highest BCUT2D eigenvalue weighted by Crippen LogP contribution is 2.19. The zero-order chi connectivity index (χ0) is 11.6. The quantitative estimate of drug-likeness (QED) is 0.678. The summed E-state index contributed by atoms with van der Waals surface area (Å²) < 4.78 is 0. The van der Waals surface area contributed by atoms with E-state index >= 15 is 0 Å². The number of hydrogen-bond acceptors (Lipinski definition) is 5. The molecule has 1 heterocycles. The molecule has 0 bridgehead atoms. The Bertz CT molecular complexity index is 420. The Hall–Kier alpha value is -2.24. The first kappa shape index (κ1) is 10.8. The van der Waals surface area contributed by atoms with E-state index in [1.807, 2.05) is 0 Å². The number of carboxylic acids is 1. The minimum atomic E-state index is -1.22. The minimum absolute atomic E-state index is 0.0510. The van der Waals surface area contributed by atoms with Crippen LogP contribution in [0.4, 0.5) is 0 Å². The summed E-state index contributed by atoms with van der Waals surface area (Å²) >= 11 is 0. The second-order valence-electron chi connectivity index (χ2n) is 2.76. The molecule has 1 rings (SSSR count). The first-order chi connectivity index (χ1) is 6.97. The average molecular weight is 207 g/mol. The van der Waals surface area contributed by atoms with Crippen LogP contribution in [-0.4, -0.2) is 34.3 Å². The average Bonchev–Trinajstić information content (AvgIpc) is 2.16. The van der Waals surface area contributed by atoms with Gasteiger partial charge in [0, 0.05) is 19.7 Å². The summed E-state index contributed by atoms with van der Waals surface area (Å²) in [7, 11) is 0. The summed E-state index contributed by atoms with van der Waals surface area (Å²) in [5, 5.41) is 13.3. The van der Waals surface area contributed by atoms with Gasteiger partial charge in [0.1, 0.15) is 11.5 Å². The number of rotatable bonds is 3. The van der Waals surface area contributed by atoms with Crippen LogP contribution in [0.2, 0.25) is 0 Å². The highest BCUT2D eigenvalue weighted by Gasteiger charge is 2.23. The third-order valence-electron chi connectivity index (χ3n) is 1.72. The predicted octanol–water partition coefficient (Wildman–Crippen LogP) is 0.387. The summed E-state index contributed by atoms with van der Waals surface area (Å²) in [6.07, 6.45) is 1.13. The van der Waals surface area contributed by atoms with E-state index in [1.165, 1.54) is 6.92 Å². The molecular weight excluding hydrogens is 198 g/mol. The number of hydrazone groups is 1. The SMILES string of the molecule is C=NN1C(=C)N=C(C(=O)O)C=C1C(C)=O. The van der Waals surface area contributed by atoms with Crippen molar-refractivity contribution in [1.29, 1.82) is 0 Å². The van der Waals surface area contributed by atoms with E-state index in [2.05, 4.69) is 23.4 Å². The smallest absolute Gasteiger partial charge is 0.354 e. The molecule has 0 aromatic rings. The molecule has 0 atom stereocenters. The van der Waals surface area contributed by atoms with Crippen LogP contribution in [0.3, 0.4) is 0 Å². The molecule has 15 heavy (non-hydrogen) atoms. The summed E-state index contributed by atoms with van der Waals surface area (Å²) in [5.41, 5.74) is -0.160. The predicted molar refractivity (Wildman–Crippen MR) is 54.4 cm³/mol. The number of carbonyl (C=O) groups excluding carboxylic acids is 1. The van der Waals surface area contributed by atoms with Crippen molar-refractivity contribution in [3.63, 3.8) is 0 Å². The van der Waals surface area contributed by atoms with Gasteiger partial charge in [0.25, 0.3) is 0 Å². The molecular formula is C9H9N3O3. The summed E-state index contributed by atoms with van der Waals surface area (Å²) in [4.78, 5) is 25.5. The lowest BCUT2D eigenvalue weighted by atomic mass is 10.2. The maximum atomic E-state index is 11.2. The molecule has 1 N–H and O–H groups in total. The number of aliphatic carboxylic acids is 1. The monoisotopic (exact) mass is 207 g/mol. The number of ketones is 1. The number of allylic oxidation sites excluding steroid dienone is 1. The van der Waals surface area contributed by atoms with E-state index < -0.39 is 5.97 Å². The first-order valence-electron chi connectivity index (χ1n) is 3.97. The number of Topliss-reactive ketones (excluding diaryl/α,β-unsaturated/α-hetero) is 1. The summed E-state index contributed by atoms with van der Waals surface area (Å²) in [6.45, 7) is 8.02. The van der Waals surface area contributed by atoms with Crippen LogP contribution in [0.5, 0.6) is 0 Å². The molecule has 0 amide bonds. The van der Waals surface area contributed by atoms with Crippen molar-refractivity contribution in [1.82, 2.24) is 5.01 Å². The van der Waals surface area contributed by atoms with E-state index in [9.17, 15) is 9.59 Å². The first-order valence-corrected chi connectivity index (χ1v) is 3.97. The van der Waals surface area contributed by atoms with Gasteiger partial charge in [-0.15, -0.1) is 0 Å². The van der Waals surface area contributed by atoms with Gasteiger partial charge in [-0.1, -0.05) is 6.58 Å². The zero-order valence-electron chi connectivity index (χ0n) is 8.10. The van der Waals surface area contributed by atoms with Crippen molar-refractivity contribution >= 4 is 24.2 Å². The molecule has 0 aromatic heterocycles. The van der Waals surface area contributed by atoms with Crippen molar-refractivity contribution in [2.75, 3.05) is 0 Å². The van der Waals surface area contributed by atoms with E-state index in [1.54, 1.807) is 0 Å². The van der Waals surface area contributed by atoms with Crippen LogP contribution in [0.15, 0.2) is 34.3 Å². The number of hydrogen-bond donors (Lipinski definition) is 1. The molecule has 0 spiro atoms. The molecule has 0 aliphatic carbocycles. The Kier molecular flexibility index (Phi) is 2.80. The van der Waals surface area contributed by atoms with Gasteiger partial charge in [-0.2, -0.15) is 5.10 Å². The molecule has 1 aliphatic rings. The second-order valence-corrected chi connectivity index (χ2v) is 2.76. The van der Waals surface area contributed by atoms with Crippen LogP contribution >= 0.6 is 0 Å². The van der Waals surface area contributed by atoms with Crippen molar-refractivity contribution in [3.8, 4) is 0 Å². The maximum Gasteiger partial charge on any atom is 0.354 e. The zero-order valence-corrected chi connectivity index (χ0v) is 8.10. The van der Waals surface area contributed by atoms with Gasteiger partial charge in [-0.3, -0.25) is 4.79 Å². The van der Waals surface area contributed by atoms with Gasteiger partial charge >= 0.3 is 5.97 Å². The molecule has 6 heteroatoms. The van der Waals surface area contributed by atoms with Gasteiger partial charge in [0.05, 0.1) is 0 Å². The van der Waals surface area contributed by atoms with E-state index in [4.69, 9.17) is 5.11 Å². The van der Waals surface area contributed by atoms with Crippen LogP contribution in [0.1, 0.15) is 6.92 Å². The number of carboxylic acid groups (broad SMARTS) is 1. The Labute approximate surface area is 85.9 Å². The molecule has 0 fully saturated rings. The Morgan fingerprint density at radius 1 is 1.60 bits per heavy atom. The van der Waals surface area contributed by atoms with Crippen molar-refractivity contribution < 1.29 is 14.7 Å². The largest absolute Gasteiger partial charge is 0.477 e. The third kappa shape index (κ3) is 1.98. The van der Waals surface area contributed by atoms with Crippen molar-refractivity contribution in [2.45, 2.75) is 6.92 Å². The highest BCUT2D eigenvalue weighted by molar-refractivity contribution is 6.41. The Morgan fingerprint density at radius 2 is 2.20 bits per heavy atom. The summed E-state index contributed by atoms with van der Waals surface area (Å²) in [5.74, 6) is -1.51. The maximum absolute atomic E-state index is 11.2. The summed E-state index contributed by atoms with van der Waals surface area (Å²) in [6, 6.07) is 0. The number of aliphatic imine (C=N–C) groups is 1. The second kappa shape index (κ2) is 3.87. The molecule has 1 aliphatic heterocycles. The molecule has 0 radical (unpaired) electrons.